The first-order chi connectivity index (χ1) is 14.9. The minimum atomic E-state index is -0.577. The van der Waals surface area contributed by atoms with Gasteiger partial charge in [0.1, 0.15) is 6.04 Å². The summed E-state index contributed by atoms with van der Waals surface area (Å²) < 4.78 is 5.62. The van der Waals surface area contributed by atoms with Gasteiger partial charge in [-0.25, -0.2) is 0 Å². The number of rotatable bonds is 3. The fourth-order valence-electron chi connectivity index (χ4n) is 5.65. The zero-order valence-corrected chi connectivity index (χ0v) is 17.8. The Balaban J connectivity index is 1.34. The number of hydrogen-bond donors (Lipinski definition) is 2. The molecule has 8 heteroatoms. The molecule has 4 heterocycles. The number of hydrogen-bond acceptors (Lipinski definition) is 6. The number of benzene rings is 1. The Hall–Kier alpha value is -2.29. The first kappa shape index (κ1) is 20.6. The van der Waals surface area contributed by atoms with E-state index >= 15 is 0 Å². The molecule has 5 rings (SSSR count). The summed E-state index contributed by atoms with van der Waals surface area (Å²) in [6, 6.07) is 5.68. The molecule has 1 aromatic carbocycles. The molecule has 4 aliphatic heterocycles. The van der Waals surface area contributed by atoms with Gasteiger partial charge in [0.25, 0.3) is 5.91 Å². The maximum atomic E-state index is 13.1. The highest BCUT2D eigenvalue weighted by atomic mass is 16.5. The Morgan fingerprint density at radius 2 is 1.94 bits per heavy atom. The Labute approximate surface area is 182 Å². The van der Waals surface area contributed by atoms with Gasteiger partial charge in [-0.1, -0.05) is 12.1 Å². The molecule has 0 bridgehead atoms. The van der Waals surface area contributed by atoms with Crippen molar-refractivity contribution in [2.24, 2.45) is 5.73 Å². The monoisotopic (exact) mass is 426 g/mol. The molecule has 1 aromatic rings. The second-order valence-electron chi connectivity index (χ2n) is 9.41. The van der Waals surface area contributed by atoms with Crippen LogP contribution in [0.3, 0.4) is 0 Å². The third-order valence-electron chi connectivity index (χ3n) is 7.50. The molecule has 1 spiro atoms. The van der Waals surface area contributed by atoms with Gasteiger partial charge < -0.3 is 15.4 Å². The third-order valence-corrected chi connectivity index (χ3v) is 7.50. The second kappa shape index (κ2) is 8.00. The van der Waals surface area contributed by atoms with Crippen LogP contribution in [0.15, 0.2) is 18.2 Å². The molecule has 4 aliphatic rings. The first-order valence-corrected chi connectivity index (χ1v) is 11.3. The highest BCUT2D eigenvalue weighted by molar-refractivity contribution is 6.05. The lowest BCUT2D eigenvalue weighted by Crippen LogP contribution is -2.59. The van der Waals surface area contributed by atoms with E-state index in [1.807, 2.05) is 12.1 Å². The van der Waals surface area contributed by atoms with E-state index in [0.717, 1.165) is 63.1 Å². The molecule has 2 unspecified atom stereocenters. The van der Waals surface area contributed by atoms with Crippen LogP contribution in [0.5, 0.6) is 0 Å². The number of piperidine rings is 2. The van der Waals surface area contributed by atoms with Gasteiger partial charge in [-0.15, -0.1) is 0 Å². The van der Waals surface area contributed by atoms with Crippen LogP contribution < -0.4 is 11.1 Å². The summed E-state index contributed by atoms with van der Waals surface area (Å²) in [5, 5.41) is 2.36. The van der Waals surface area contributed by atoms with Crippen LogP contribution in [-0.2, 0) is 27.4 Å². The number of fused-ring (bicyclic) bond motifs is 1. The molecule has 3 N–H and O–H groups in total. The van der Waals surface area contributed by atoms with Crippen molar-refractivity contribution in [3.8, 4) is 0 Å². The van der Waals surface area contributed by atoms with E-state index in [9.17, 15) is 14.4 Å². The highest BCUT2D eigenvalue weighted by Crippen LogP contribution is 2.38. The van der Waals surface area contributed by atoms with Gasteiger partial charge in [-0.2, -0.15) is 0 Å². The van der Waals surface area contributed by atoms with Crippen molar-refractivity contribution in [2.45, 2.75) is 69.2 Å². The molecular weight excluding hydrogens is 396 g/mol. The summed E-state index contributed by atoms with van der Waals surface area (Å²) in [6.45, 7) is 3.60. The number of imide groups is 1. The maximum Gasteiger partial charge on any atom is 0.255 e. The third kappa shape index (κ3) is 3.77. The smallest absolute Gasteiger partial charge is 0.255 e. The molecular formula is C23H30N4O4. The largest absolute Gasteiger partial charge is 0.381 e. The van der Waals surface area contributed by atoms with Crippen molar-refractivity contribution in [2.75, 3.05) is 19.8 Å². The van der Waals surface area contributed by atoms with E-state index < -0.39 is 6.04 Å². The molecule has 166 valence electrons. The standard InChI is InChI=1S/C23H30N4O4/c24-17-5-6-23(7-9-31-10-8-23)26(14-17)12-15-1-2-16-13-27(22(30)18(16)11-15)19-3-4-20(28)25-21(19)29/h1-2,11,17,19H,3-10,12-14,24H2,(H,25,28,29). The van der Waals surface area contributed by atoms with E-state index in [2.05, 4.69) is 16.3 Å². The average Bonchev–Trinajstić information content (AvgIpc) is 3.08. The van der Waals surface area contributed by atoms with E-state index in [4.69, 9.17) is 10.5 Å². The maximum absolute atomic E-state index is 13.1. The van der Waals surface area contributed by atoms with Crippen molar-refractivity contribution < 1.29 is 19.1 Å². The number of nitrogens with zero attached hydrogens (tertiary/aromatic N) is 2. The molecule has 0 aliphatic carbocycles. The minimum absolute atomic E-state index is 0.123. The lowest BCUT2D eigenvalue weighted by atomic mass is 9.78. The average molecular weight is 427 g/mol. The normalized spacial score (nSPS) is 28.7. The van der Waals surface area contributed by atoms with Crippen LogP contribution in [0.1, 0.15) is 60.0 Å². The van der Waals surface area contributed by atoms with E-state index in [0.29, 0.717) is 18.5 Å². The molecule has 0 radical (unpaired) electrons. The quantitative estimate of drug-likeness (QED) is 0.697. The predicted octanol–water partition coefficient (Wildman–Crippen LogP) is 0.920. The first-order valence-electron chi connectivity index (χ1n) is 11.3. The summed E-state index contributed by atoms with van der Waals surface area (Å²) in [5.41, 5.74) is 9.15. The second-order valence-corrected chi connectivity index (χ2v) is 9.41. The molecule has 3 saturated heterocycles. The number of nitrogens with two attached hydrogens (primary N) is 1. The number of ether oxygens (including phenoxy) is 1. The summed E-state index contributed by atoms with van der Waals surface area (Å²) in [7, 11) is 0. The number of carbonyl (C=O) groups is 3. The molecule has 2 atom stereocenters. The highest BCUT2D eigenvalue weighted by Gasteiger charge is 2.43. The SMILES string of the molecule is NC1CCC2(CCOCC2)N(Cc2ccc3c(c2)C(=O)N(C2CCC(=O)NC2=O)C3)C1. The zero-order valence-electron chi connectivity index (χ0n) is 17.8. The Morgan fingerprint density at radius 1 is 1.13 bits per heavy atom. The number of carbonyl (C=O) groups excluding carboxylic acids is 3. The van der Waals surface area contributed by atoms with Crippen LogP contribution in [0.4, 0.5) is 0 Å². The molecule has 3 amide bonds. The van der Waals surface area contributed by atoms with Crippen molar-refractivity contribution in [3.05, 3.63) is 34.9 Å². The number of amides is 3. The van der Waals surface area contributed by atoms with Crippen LogP contribution in [0.25, 0.3) is 0 Å². The van der Waals surface area contributed by atoms with Crippen LogP contribution in [0.2, 0.25) is 0 Å². The van der Waals surface area contributed by atoms with Gasteiger partial charge in [-0.3, -0.25) is 24.6 Å². The van der Waals surface area contributed by atoms with Gasteiger partial charge in [-0.05, 0) is 49.3 Å². The minimum Gasteiger partial charge on any atom is -0.381 e. The summed E-state index contributed by atoms with van der Waals surface area (Å²) in [4.78, 5) is 41.0. The Bertz CT molecular complexity index is 911. The van der Waals surface area contributed by atoms with Gasteiger partial charge in [0.2, 0.25) is 11.8 Å². The Morgan fingerprint density at radius 3 is 2.71 bits per heavy atom. The topological polar surface area (TPSA) is 105 Å². The fraction of sp³-hybridized carbons (Fsp3) is 0.609. The van der Waals surface area contributed by atoms with Crippen molar-refractivity contribution >= 4 is 17.7 Å². The number of nitrogens with one attached hydrogen (secondary N) is 1. The van der Waals surface area contributed by atoms with Crippen molar-refractivity contribution in [1.82, 2.24) is 15.1 Å². The zero-order chi connectivity index (χ0) is 21.6. The molecule has 31 heavy (non-hydrogen) atoms. The van der Waals surface area contributed by atoms with E-state index in [-0.39, 0.29) is 35.7 Å². The lowest BCUT2D eigenvalue weighted by Gasteiger charge is -2.51. The van der Waals surface area contributed by atoms with Crippen molar-refractivity contribution in [1.29, 1.82) is 0 Å². The molecule has 8 nitrogen and oxygen atoms in total. The number of likely N-dealkylation sites (tertiary alicyclic amines) is 1. The van der Waals surface area contributed by atoms with E-state index in [1.165, 1.54) is 0 Å². The van der Waals surface area contributed by atoms with Gasteiger partial charge in [0.15, 0.2) is 0 Å². The summed E-state index contributed by atoms with van der Waals surface area (Å²) in [6.07, 6.45) is 4.82. The van der Waals surface area contributed by atoms with Crippen LogP contribution in [-0.4, -0.2) is 64.9 Å². The van der Waals surface area contributed by atoms with Crippen LogP contribution in [0, 0.1) is 0 Å². The van der Waals surface area contributed by atoms with E-state index in [1.54, 1.807) is 4.90 Å². The fourth-order valence-corrected chi connectivity index (χ4v) is 5.65. The molecule has 3 fully saturated rings. The lowest BCUT2D eigenvalue weighted by molar-refractivity contribution is -0.136. The van der Waals surface area contributed by atoms with Gasteiger partial charge in [0, 0.05) is 56.4 Å². The van der Waals surface area contributed by atoms with Crippen molar-refractivity contribution in [3.63, 3.8) is 0 Å². The van der Waals surface area contributed by atoms with Crippen LogP contribution >= 0.6 is 0 Å². The predicted molar refractivity (Wildman–Crippen MR) is 113 cm³/mol. The summed E-state index contributed by atoms with van der Waals surface area (Å²) >= 11 is 0. The van der Waals surface area contributed by atoms with Gasteiger partial charge >= 0.3 is 0 Å². The Kier molecular flexibility index (Phi) is 5.32. The summed E-state index contributed by atoms with van der Waals surface area (Å²) in [5.74, 6) is -0.765. The molecule has 0 aromatic heterocycles. The molecule has 0 saturated carbocycles. The van der Waals surface area contributed by atoms with Gasteiger partial charge in [0.05, 0.1) is 0 Å².